The molecule has 0 aromatic heterocycles. The summed E-state index contributed by atoms with van der Waals surface area (Å²) >= 11 is 0. The summed E-state index contributed by atoms with van der Waals surface area (Å²) in [4.78, 5) is 13.6. The fourth-order valence-corrected chi connectivity index (χ4v) is 3.31. The minimum Gasteiger partial charge on any atom is -0.494 e. The van der Waals surface area contributed by atoms with Gasteiger partial charge in [-0.25, -0.2) is 0 Å². The molecule has 0 bridgehead atoms. The summed E-state index contributed by atoms with van der Waals surface area (Å²) in [6, 6.07) is 24.8. The summed E-state index contributed by atoms with van der Waals surface area (Å²) in [6.07, 6.45) is 0. The van der Waals surface area contributed by atoms with Crippen LogP contribution < -0.4 is 20.3 Å². The largest absolute Gasteiger partial charge is 0.494 e. The number of methoxy groups -OCH3 is 1. The van der Waals surface area contributed by atoms with Crippen LogP contribution in [-0.4, -0.2) is 19.6 Å². The van der Waals surface area contributed by atoms with Crippen molar-refractivity contribution in [3.63, 3.8) is 0 Å². The Kier molecular flexibility index (Phi) is 7.33. The van der Waals surface area contributed by atoms with Crippen LogP contribution in [0.2, 0.25) is 0 Å². The molecule has 5 heteroatoms. The number of ether oxygens (including phenoxy) is 1. The van der Waals surface area contributed by atoms with Gasteiger partial charge in [0.15, 0.2) is 0 Å². The van der Waals surface area contributed by atoms with Crippen LogP contribution in [0.5, 0.6) is 5.75 Å². The van der Waals surface area contributed by atoms with E-state index < -0.39 is 0 Å². The molecule has 1 amide bonds. The molecule has 0 unspecified atom stereocenters. The van der Waals surface area contributed by atoms with Gasteiger partial charge >= 0.3 is 0 Å². The van der Waals surface area contributed by atoms with Crippen LogP contribution in [-0.2, 0) is 17.9 Å². The Labute approximate surface area is 178 Å². The molecule has 3 aromatic carbocycles. The Hall–Kier alpha value is -3.47. The zero-order chi connectivity index (χ0) is 21.3. The summed E-state index contributed by atoms with van der Waals surface area (Å²) in [5, 5.41) is 6.18. The molecule has 0 fully saturated rings. The van der Waals surface area contributed by atoms with Crippen molar-refractivity contribution < 1.29 is 9.53 Å². The molecule has 0 aliphatic heterocycles. The van der Waals surface area contributed by atoms with Gasteiger partial charge in [-0.3, -0.25) is 4.79 Å². The van der Waals surface area contributed by atoms with E-state index in [1.54, 1.807) is 7.11 Å². The lowest BCUT2D eigenvalue weighted by molar-refractivity contribution is -0.114. The highest BCUT2D eigenvalue weighted by molar-refractivity contribution is 5.90. The predicted octanol–water partition coefficient (Wildman–Crippen LogP) is 5.29. The smallest absolute Gasteiger partial charge is 0.221 e. The molecular weight excluding hydrogens is 374 g/mol. The average Bonchev–Trinajstić information content (AvgIpc) is 2.77. The van der Waals surface area contributed by atoms with Crippen LogP contribution in [0, 0.1) is 0 Å². The van der Waals surface area contributed by atoms with E-state index in [2.05, 4.69) is 71.0 Å². The number of nitrogens with zero attached hydrogens (tertiary/aromatic N) is 1. The van der Waals surface area contributed by atoms with Crippen molar-refractivity contribution in [2.75, 3.05) is 29.2 Å². The Balaban J connectivity index is 1.62. The first kappa shape index (κ1) is 21.2. The van der Waals surface area contributed by atoms with E-state index in [4.69, 9.17) is 4.74 Å². The van der Waals surface area contributed by atoms with Crippen LogP contribution in [0.15, 0.2) is 72.8 Å². The number of amides is 1. The van der Waals surface area contributed by atoms with Gasteiger partial charge in [-0.2, -0.15) is 0 Å². The summed E-state index contributed by atoms with van der Waals surface area (Å²) in [7, 11) is 1.60. The molecule has 156 valence electrons. The number of benzene rings is 3. The van der Waals surface area contributed by atoms with Gasteiger partial charge < -0.3 is 20.3 Å². The normalized spacial score (nSPS) is 10.4. The highest BCUT2D eigenvalue weighted by Crippen LogP contribution is 2.28. The zero-order valence-corrected chi connectivity index (χ0v) is 17.8. The summed E-state index contributed by atoms with van der Waals surface area (Å²) in [6.45, 7) is 6.21. The minimum atomic E-state index is -0.123. The van der Waals surface area contributed by atoms with Crippen molar-refractivity contribution in [3.8, 4) is 5.75 Å². The van der Waals surface area contributed by atoms with E-state index in [-0.39, 0.29) is 5.91 Å². The van der Waals surface area contributed by atoms with Gasteiger partial charge in [0.2, 0.25) is 5.91 Å². The predicted molar refractivity (Wildman–Crippen MR) is 124 cm³/mol. The van der Waals surface area contributed by atoms with Crippen molar-refractivity contribution in [2.45, 2.75) is 26.9 Å². The van der Waals surface area contributed by atoms with Gasteiger partial charge in [-0.15, -0.1) is 0 Å². The SMILES string of the molecule is CCN(Cc1ccccc1)c1ccc(CNc2ccc(NC(C)=O)c(OC)c2)cc1. The Morgan fingerprint density at radius 1 is 0.967 bits per heavy atom. The van der Waals surface area contributed by atoms with Gasteiger partial charge in [-0.05, 0) is 42.3 Å². The highest BCUT2D eigenvalue weighted by Gasteiger charge is 2.07. The minimum absolute atomic E-state index is 0.123. The van der Waals surface area contributed by atoms with E-state index in [0.717, 1.165) is 18.8 Å². The molecule has 0 saturated heterocycles. The molecule has 0 aliphatic carbocycles. The lowest BCUT2D eigenvalue weighted by atomic mass is 10.1. The molecular formula is C25H29N3O2. The van der Waals surface area contributed by atoms with Crippen LogP contribution >= 0.6 is 0 Å². The van der Waals surface area contributed by atoms with E-state index in [1.807, 2.05) is 24.3 Å². The van der Waals surface area contributed by atoms with E-state index in [0.29, 0.717) is 18.0 Å². The third kappa shape index (κ3) is 5.77. The number of carbonyl (C=O) groups is 1. The van der Waals surface area contributed by atoms with Gasteiger partial charge in [0.1, 0.15) is 5.75 Å². The summed E-state index contributed by atoms with van der Waals surface area (Å²) in [5.41, 5.74) is 5.31. The zero-order valence-electron chi connectivity index (χ0n) is 17.8. The third-order valence-electron chi connectivity index (χ3n) is 4.91. The fourth-order valence-electron chi connectivity index (χ4n) is 3.31. The van der Waals surface area contributed by atoms with E-state index >= 15 is 0 Å². The molecule has 2 N–H and O–H groups in total. The topological polar surface area (TPSA) is 53.6 Å². The first-order valence-corrected chi connectivity index (χ1v) is 10.2. The van der Waals surface area contributed by atoms with Crippen molar-refractivity contribution in [2.24, 2.45) is 0 Å². The van der Waals surface area contributed by atoms with Crippen molar-refractivity contribution in [3.05, 3.63) is 83.9 Å². The molecule has 0 spiro atoms. The maximum Gasteiger partial charge on any atom is 0.221 e. The molecule has 5 nitrogen and oxygen atoms in total. The second-order valence-electron chi connectivity index (χ2n) is 7.12. The molecule has 0 atom stereocenters. The Morgan fingerprint density at radius 3 is 2.33 bits per heavy atom. The molecule has 0 radical (unpaired) electrons. The average molecular weight is 404 g/mol. The first-order valence-electron chi connectivity index (χ1n) is 10.2. The van der Waals surface area contributed by atoms with E-state index in [1.165, 1.54) is 23.7 Å². The van der Waals surface area contributed by atoms with Crippen LogP contribution in [0.25, 0.3) is 0 Å². The van der Waals surface area contributed by atoms with Gasteiger partial charge in [0, 0.05) is 44.0 Å². The summed E-state index contributed by atoms with van der Waals surface area (Å²) in [5.74, 6) is 0.507. The molecule has 0 aliphatic rings. The Bertz CT molecular complexity index is 956. The molecule has 3 rings (SSSR count). The van der Waals surface area contributed by atoms with Crippen molar-refractivity contribution in [1.82, 2.24) is 0 Å². The van der Waals surface area contributed by atoms with Crippen LogP contribution in [0.4, 0.5) is 17.1 Å². The van der Waals surface area contributed by atoms with Gasteiger partial charge in [0.05, 0.1) is 12.8 Å². The number of hydrogen-bond donors (Lipinski definition) is 2. The monoisotopic (exact) mass is 403 g/mol. The maximum atomic E-state index is 11.3. The molecule has 0 saturated carbocycles. The van der Waals surface area contributed by atoms with Gasteiger partial charge in [0.25, 0.3) is 0 Å². The molecule has 0 heterocycles. The van der Waals surface area contributed by atoms with E-state index in [9.17, 15) is 4.79 Å². The number of rotatable bonds is 9. The number of carbonyl (C=O) groups excluding carboxylic acids is 1. The second kappa shape index (κ2) is 10.3. The second-order valence-corrected chi connectivity index (χ2v) is 7.12. The first-order chi connectivity index (χ1) is 14.6. The highest BCUT2D eigenvalue weighted by atomic mass is 16.5. The number of hydrogen-bond acceptors (Lipinski definition) is 4. The standard InChI is InChI=1S/C25H29N3O2/c1-4-28(18-21-8-6-5-7-9-21)23-13-10-20(11-14-23)17-26-22-12-15-24(27-19(2)29)25(16-22)30-3/h5-16,26H,4,17-18H2,1-3H3,(H,27,29). The molecule has 30 heavy (non-hydrogen) atoms. The lowest BCUT2D eigenvalue weighted by Crippen LogP contribution is -2.21. The maximum absolute atomic E-state index is 11.3. The van der Waals surface area contributed by atoms with Crippen LogP contribution in [0.1, 0.15) is 25.0 Å². The third-order valence-corrected chi connectivity index (χ3v) is 4.91. The number of nitrogens with one attached hydrogen (secondary N) is 2. The van der Waals surface area contributed by atoms with Crippen molar-refractivity contribution >= 4 is 23.0 Å². The Morgan fingerprint density at radius 2 is 1.70 bits per heavy atom. The molecule has 3 aromatic rings. The number of anilines is 3. The lowest BCUT2D eigenvalue weighted by Gasteiger charge is -2.23. The van der Waals surface area contributed by atoms with Crippen molar-refractivity contribution in [1.29, 1.82) is 0 Å². The fraction of sp³-hybridized carbons (Fsp3) is 0.240. The van der Waals surface area contributed by atoms with Crippen LogP contribution in [0.3, 0.4) is 0 Å². The summed E-state index contributed by atoms with van der Waals surface area (Å²) < 4.78 is 5.38. The quantitative estimate of drug-likeness (QED) is 0.510. The van der Waals surface area contributed by atoms with Gasteiger partial charge in [-0.1, -0.05) is 42.5 Å².